The summed E-state index contributed by atoms with van der Waals surface area (Å²) in [6.45, 7) is 13.1. The standard InChI is InChI=1S/C15H29N3/c1-13(2)10-15(12-16,11-14(3)4)18-8-5-6-17-7-9-18/h13-14,17H,5-11H2,1-4H3. The van der Waals surface area contributed by atoms with Gasteiger partial charge in [-0.05, 0) is 37.6 Å². The summed E-state index contributed by atoms with van der Waals surface area (Å²) in [7, 11) is 0. The third-order valence-corrected chi connectivity index (χ3v) is 3.65. The first kappa shape index (κ1) is 15.5. The molecule has 0 aromatic rings. The van der Waals surface area contributed by atoms with Gasteiger partial charge in [-0.15, -0.1) is 0 Å². The average molecular weight is 251 g/mol. The van der Waals surface area contributed by atoms with Gasteiger partial charge in [0.1, 0.15) is 5.54 Å². The van der Waals surface area contributed by atoms with Crippen LogP contribution in [0.4, 0.5) is 0 Å². The van der Waals surface area contributed by atoms with E-state index in [1.807, 2.05) is 0 Å². The van der Waals surface area contributed by atoms with E-state index in [0.717, 1.165) is 45.4 Å². The smallest absolute Gasteiger partial charge is 0.109 e. The molecule has 3 heteroatoms. The Bertz CT molecular complexity index is 260. The highest BCUT2D eigenvalue weighted by Crippen LogP contribution is 2.31. The van der Waals surface area contributed by atoms with Crippen LogP contribution in [0.5, 0.6) is 0 Å². The minimum atomic E-state index is -0.256. The Hall–Kier alpha value is -0.590. The SMILES string of the molecule is CC(C)CC(C#N)(CC(C)C)N1CCCNCC1. The Morgan fingerprint density at radius 2 is 1.72 bits per heavy atom. The van der Waals surface area contributed by atoms with Gasteiger partial charge in [-0.1, -0.05) is 27.7 Å². The normalized spacial score (nSPS) is 18.9. The summed E-state index contributed by atoms with van der Waals surface area (Å²) >= 11 is 0. The molecule has 0 bridgehead atoms. The minimum absolute atomic E-state index is 0.256. The van der Waals surface area contributed by atoms with Crippen molar-refractivity contribution < 1.29 is 0 Å². The zero-order valence-corrected chi connectivity index (χ0v) is 12.5. The van der Waals surface area contributed by atoms with E-state index in [2.05, 4.69) is 44.0 Å². The van der Waals surface area contributed by atoms with Crippen molar-refractivity contribution in [2.24, 2.45) is 11.8 Å². The second kappa shape index (κ2) is 7.11. The molecule has 1 fully saturated rings. The van der Waals surface area contributed by atoms with Gasteiger partial charge in [0, 0.05) is 19.6 Å². The van der Waals surface area contributed by atoms with E-state index in [-0.39, 0.29) is 5.54 Å². The molecule has 1 N–H and O–H groups in total. The number of nitrogens with zero attached hydrogens (tertiary/aromatic N) is 2. The van der Waals surface area contributed by atoms with E-state index in [4.69, 9.17) is 0 Å². The van der Waals surface area contributed by atoms with Gasteiger partial charge in [-0.25, -0.2) is 0 Å². The fraction of sp³-hybridized carbons (Fsp3) is 0.933. The number of nitrogens with one attached hydrogen (secondary N) is 1. The van der Waals surface area contributed by atoms with Crippen LogP contribution >= 0.6 is 0 Å². The lowest BCUT2D eigenvalue weighted by Gasteiger charge is -2.40. The predicted molar refractivity (Wildman–Crippen MR) is 76.3 cm³/mol. The molecule has 0 aromatic heterocycles. The second-order valence-corrected chi connectivity index (χ2v) is 6.43. The van der Waals surface area contributed by atoms with Crippen LogP contribution in [0.3, 0.4) is 0 Å². The molecule has 0 spiro atoms. The van der Waals surface area contributed by atoms with Crippen molar-refractivity contribution in [1.29, 1.82) is 5.26 Å². The van der Waals surface area contributed by atoms with Gasteiger partial charge < -0.3 is 5.32 Å². The fourth-order valence-corrected chi connectivity index (χ4v) is 3.13. The van der Waals surface area contributed by atoms with E-state index < -0.39 is 0 Å². The van der Waals surface area contributed by atoms with E-state index in [0.29, 0.717) is 11.8 Å². The minimum Gasteiger partial charge on any atom is -0.315 e. The number of nitriles is 1. The quantitative estimate of drug-likeness (QED) is 0.816. The molecule has 18 heavy (non-hydrogen) atoms. The first-order valence-corrected chi connectivity index (χ1v) is 7.37. The highest BCUT2D eigenvalue weighted by molar-refractivity contribution is 5.09. The lowest BCUT2D eigenvalue weighted by molar-refractivity contribution is 0.101. The van der Waals surface area contributed by atoms with Crippen LogP contribution in [0.2, 0.25) is 0 Å². The van der Waals surface area contributed by atoms with E-state index in [1.165, 1.54) is 0 Å². The van der Waals surface area contributed by atoms with Gasteiger partial charge in [-0.2, -0.15) is 5.26 Å². The maximum Gasteiger partial charge on any atom is 0.109 e. The molecule has 1 aliphatic heterocycles. The van der Waals surface area contributed by atoms with Crippen LogP contribution in [-0.2, 0) is 0 Å². The lowest BCUT2D eigenvalue weighted by Crippen LogP contribution is -2.50. The van der Waals surface area contributed by atoms with Crippen LogP contribution in [0.1, 0.15) is 47.0 Å². The van der Waals surface area contributed by atoms with E-state index in [1.54, 1.807) is 0 Å². The first-order chi connectivity index (χ1) is 8.50. The molecule has 3 nitrogen and oxygen atoms in total. The number of rotatable bonds is 5. The van der Waals surface area contributed by atoms with Crippen molar-refractivity contribution in [3.8, 4) is 6.07 Å². The van der Waals surface area contributed by atoms with Gasteiger partial charge in [0.05, 0.1) is 6.07 Å². The molecule has 0 aliphatic carbocycles. The summed E-state index contributed by atoms with van der Waals surface area (Å²) in [5.41, 5.74) is -0.256. The molecular weight excluding hydrogens is 222 g/mol. The molecule has 1 rings (SSSR count). The van der Waals surface area contributed by atoms with Gasteiger partial charge >= 0.3 is 0 Å². The predicted octanol–water partition coefficient (Wildman–Crippen LogP) is 2.64. The molecule has 0 saturated carbocycles. The Balaban J connectivity index is 2.88. The van der Waals surface area contributed by atoms with E-state index >= 15 is 0 Å². The molecule has 0 radical (unpaired) electrons. The molecule has 1 heterocycles. The van der Waals surface area contributed by atoms with Gasteiger partial charge in [0.25, 0.3) is 0 Å². The molecule has 1 aliphatic rings. The maximum atomic E-state index is 9.81. The number of hydrogen-bond donors (Lipinski definition) is 1. The summed E-state index contributed by atoms with van der Waals surface area (Å²) in [4.78, 5) is 2.44. The summed E-state index contributed by atoms with van der Waals surface area (Å²) in [5.74, 6) is 1.14. The van der Waals surface area contributed by atoms with Crippen molar-refractivity contribution in [1.82, 2.24) is 10.2 Å². The van der Waals surface area contributed by atoms with E-state index in [9.17, 15) is 5.26 Å². The summed E-state index contributed by atoms with van der Waals surface area (Å²) in [5, 5.41) is 13.2. The average Bonchev–Trinajstić information content (AvgIpc) is 2.55. The third-order valence-electron chi connectivity index (χ3n) is 3.65. The summed E-state index contributed by atoms with van der Waals surface area (Å²) < 4.78 is 0. The molecule has 1 saturated heterocycles. The van der Waals surface area contributed by atoms with Crippen LogP contribution in [0.15, 0.2) is 0 Å². The fourth-order valence-electron chi connectivity index (χ4n) is 3.13. The van der Waals surface area contributed by atoms with Crippen molar-refractivity contribution in [3.63, 3.8) is 0 Å². The lowest BCUT2D eigenvalue weighted by atomic mass is 9.81. The zero-order valence-electron chi connectivity index (χ0n) is 12.5. The van der Waals surface area contributed by atoms with Crippen LogP contribution in [0.25, 0.3) is 0 Å². The molecule has 0 aromatic carbocycles. The first-order valence-electron chi connectivity index (χ1n) is 7.37. The van der Waals surface area contributed by atoms with Gasteiger partial charge in [0.2, 0.25) is 0 Å². The van der Waals surface area contributed by atoms with Crippen molar-refractivity contribution in [2.75, 3.05) is 26.2 Å². The summed E-state index contributed by atoms with van der Waals surface area (Å²) in [6.07, 6.45) is 3.13. The molecule has 0 amide bonds. The highest BCUT2D eigenvalue weighted by Gasteiger charge is 2.38. The topological polar surface area (TPSA) is 39.1 Å². The van der Waals surface area contributed by atoms with Crippen LogP contribution in [0, 0.1) is 23.2 Å². The van der Waals surface area contributed by atoms with Crippen molar-refractivity contribution in [2.45, 2.75) is 52.5 Å². The molecule has 104 valence electrons. The molecular formula is C15H29N3. The van der Waals surface area contributed by atoms with Crippen LogP contribution in [-0.4, -0.2) is 36.6 Å². The van der Waals surface area contributed by atoms with Crippen LogP contribution < -0.4 is 5.32 Å². The molecule has 0 atom stereocenters. The van der Waals surface area contributed by atoms with Gasteiger partial charge in [0.15, 0.2) is 0 Å². The molecule has 0 unspecified atom stereocenters. The maximum absolute atomic E-state index is 9.81. The Morgan fingerprint density at radius 1 is 1.11 bits per heavy atom. The Morgan fingerprint density at radius 3 is 2.22 bits per heavy atom. The third kappa shape index (κ3) is 4.26. The Kier molecular flexibility index (Phi) is 6.11. The van der Waals surface area contributed by atoms with Gasteiger partial charge in [-0.3, -0.25) is 4.90 Å². The second-order valence-electron chi connectivity index (χ2n) is 6.43. The summed E-state index contributed by atoms with van der Waals surface area (Å²) in [6, 6.07) is 2.67. The Labute approximate surface area is 113 Å². The largest absolute Gasteiger partial charge is 0.315 e. The van der Waals surface area contributed by atoms with Crippen molar-refractivity contribution in [3.05, 3.63) is 0 Å². The highest BCUT2D eigenvalue weighted by atomic mass is 15.2. The number of hydrogen-bond acceptors (Lipinski definition) is 3. The zero-order chi connectivity index (χ0) is 13.6. The monoisotopic (exact) mass is 251 g/mol. The van der Waals surface area contributed by atoms with Crippen molar-refractivity contribution >= 4 is 0 Å².